The number of carbonyl (C=O) groups is 3. The minimum absolute atomic E-state index is 0.00884. The summed E-state index contributed by atoms with van der Waals surface area (Å²) in [5.74, 6) is -3.59. The average Bonchev–Trinajstić information content (AvgIpc) is 3.33. The summed E-state index contributed by atoms with van der Waals surface area (Å²) >= 11 is 0. The van der Waals surface area contributed by atoms with Crippen LogP contribution in [0.5, 0.6) is 5.75 Å². The lowest BCUT2D eigenvalue weighted by Crippen LogP contribution is -2.44. The number of benzene rings is 1. The highest BCUT2D eigenvalue weighted by Gasteiger charge is 2.43. The number of sulfonamides is 1. The summed E-state index contributed by atoms with van der Waals surface area (Å²) in [4.78, 5) is 37.8. The molecule has 2 atom stereocenters. The minimum atomic E-state index is -4.13. The Morgan fingerprint density at radius 3 is 2.68 bits per heavy atom. The molecule has 1 aromatic heterocycles. The lowest BCUT2D eigenvalue weighted by molar-refractivity contribution is -0.157. The maximum atomic E-state index is 13.6. The largest absolute Gasteiger partial charge is 0.489 e. The number of aryl methyl sites for hydroxylation is 2. The zero-order valence-corrected chi connectivity index (χ0v) is 19.4. The van der Waals surface area contributed by atoms with E-state index in [4.69, 9.17) is 4.74 Å². The van der Waals surface area contributed by atoms with E-state index in [1.54, 1.807) is 6.92 Å². The Labute approximate surface area is 194 Å². The number of hydrogen-bond acceptors (Lipinski definition) is 7. The van der Waals surface area contributed by atoms with Crippen molar-refractivity contribution < 1.29 is 36.7 Å². The van der Waals surface area contributed by atoms with Crippen molar-refractivity contribution in [3.8, 4) is 5.75 Å². The van der Waals surface area contributed by atoms with Crippen molar-refractivity contribution in [3.05, 3.63) is 41.5 Å². The Kier molecular flexibility index (Phi) is 6.08. The Balaban J connectivity index is 1.62. The van der Waals surface area contributed by atoms with Crippen LogP contribution in [0.4, 0.5) is 10.1 Å². The van der Waals surface area contributed by atoms with Crippen LogP contribution in [-0.2, 0) is 31.4 Å². The van der Waals surface area contributed by atoms with Crippen LogP contribution in [0, 0.1) is 18.7 Å². The number of anilines is 1. The second kappa shape index (κ2) is 8.72. The average molecular weight is 495 g/mol. The number of ether oxygens (including phenoxy) is 2. The van der Waals surface area contributed by atoms with E-state index in [0.717, 1.165) is 7.11 Å². The van der Waals surface area contributed by atoms with E-state index in [0.29, 0.717) is 11.3 Å². The van der Waals surface area contributed by atoms with Crippen molar-refractivity contribution >= 4 is 33.5 Å². The number of hydrogen-bond donors (Lipinski definition) is 2. The summed E-state index contributed by atoms with van der Waals surface area (Å²) in [6.45, 7) is 1.59. The Morgan fingerprint density at radius 1 is 1.26 bits per heavy atom. The van der Waals surface area contributed by atoms with Crippen LogP contribution in [-0.4, -0.2) is 68.5 Å². The molecule has 1 saturated heterocycles. The van der Waals surface area contributed by atoms with Crippen molar-refractivity contribution in [2.75, 3.05) is 32.1 Å². The number of fused-ring (bicyclic) bond motifs is 2. The molecule has 2 aliphatic heterocycles. The van der Waals surface area contributed by atoms with Gasteiger partial charge in [-0.2, -0.15) is 0 Å². The second-order valence-corrected chi connectivity index (χ2v) is 9.88. The lowest BCUT2D eigenvalue weighted by atomic mass is 10.1. The monoisotopic (exact) mass is 494 g/mol. The highest BCUT2D eigenvalue weighted by Crippen LogP contribution is 2.34. The van der Waals surface area contributed by atoms with E-state index in [9.17, 15) is 27.2 Å². The first-order valence-electron chi connectivity index (χ1n) is 10.3. The number of halogens is 1. The first kappa shape index (κ1) is 23.7. The molecule has 2 aliphatic rings. The molecule has 1 aromatic carbocycles. The molecule has 0 aliphatic carbocycles. The fourth-order valence-corrected chi connectivity index (χ4v) is 5.58. The van der Waals surface area contributed by atoms with Gasteiger partial charge in [-0.25, -0.2) is 22.3 Å². The molecular weight excluding hydrogens is 471 g/mol. The molecule has 11 nitrogen and oxygen atoms in total. The normalized spacial score (nSPS) is 20.9. The van der Waals surface area contributed by atoms with Gasteiger partial charge in [0.2, 0.25) is 10.0 Å². The van der Waals surface area contributed by atoms with Crippen LogP contribution in [0.1, 0.15) is 16.1 Å². The standard InChI is InChI=1S/C21H23FN4O7S/c1-11-6-13(4-5-14(11)22)23-19(27)17-18-16(9-25(17)2)34(30,31)24-15-8-26(7-12(15)10-33-18)20(28)21(29)32-3/h4-6,9,12,15,24H,7-8,10H2,1-3H3,(H,23,27)/t12-,15-/m1/s1. The maximum Gasteiger partial charge on any atom is 0.396 e. The number of nitrogens with one attached hydrogen (secondary N) is 2. The van der Waals surface area contributed by atoms with Gasteiger partial charge >= 0.3 is 11.9 Å². The summed E-state index contributed by atoms with van der Waals surface area (Å²) in [6, 6.07) is 3.37. The van der Waals surface area contributed by atoms with Crippen molar-refractivity contribution in [1.29, 1.82) is 0 Å². The fourth-order valence-electron chi connectivity index (χ4n) is 4.09. The molecular formula is C21H23FN4O7S. The van der Waals surface area contributed by atoms with E-state index in [1.165, 1.54) is 40.9 Å². The topological polar surface area (TPSA) is 136 Å². The number of methoxy groups -OCH3 is 1. The maximum absolute atomic E-state index is 13.6. The Bertz CT molecular complexity index is 1290. The van der Waals surface area contributed by atoms with Gasteiger partial charge in [-0.1, -0.05) is 0 Å². The van der Waals surface area contributed by atoms with Gasteiger partial charge in [0, 0.05) is 44.0 Å². The molecule has 2 N–H and O–H groups in total. The number of esters is 1. The van der Waals surface area contributed by atoms with Gasteiger partial charge in [0.1, 0.15) is 10.7 Å². The molecule has 0 radical (unpaired) electrons. The molecule has 1 fully saturated rings. The molecule has 182 valence electrons. The lowest BCUT2D eigenvalue weighted by Gasteiger charge is -2.23. The van der Waals surface area contributed by atoms with Gasteiger partial charge in [-0.3, -0.25) is 9.59 Å². The predicted octanol–water partition coefficient (Wildman–Crippen LogP) is 0.396. The van der Waals surface area contributed by atoms with E-state index in [-0.39, 0.29) is 36.0 Å². The third kappa shape index (κ3) is 4.23. The fraction of sp³-hybridized carbons (Fsp3) is 0.381. The molecule has 4 rings (SSSR count). The highest BCUT2D eigenvalue weighted by atomic mass is 32.2. The van der Waals surface area contributed by atoms with Crippen molar-refractivity contribution in [3.63, 3.8) is 0 Å². The van der Waals surface area contributed by atoms with Crippen LogP contribution in [0.15, 0.2) is 29.3 Å². The first-order valence-corrected chi connectivity index (χ1v) is 11.8. The zero-order chi connectivity index (χ0) is 24.8. The molecule has 2 aromatic rings. The van der Waals surface area contributed by atoms with Crippen molar-refractivity contribution in [2.45, 2.75) is 17.9 Å². The summed E-state index contributed by atoms with van der Waals surface area (Å²) in [5.41, 5.74) is 0.626. The van der Waals surface area contributed by atoms with Gasteiger partial charge in [0.25, 0.3) is 5.91 Å². The van der Waals surface area contributed by atoms with Crippen LogP contribution in [0.2, 0.25) is 0 Å². The zero-order valence-electron chi connectivity index (χ0n) is 18.6. The van der Waals surface area contributed by atoms with E-state index in [1.807, 2.05) is 0 Å². The van der Waals surface area contributed by atoms with Crippen LogP contribution < -0.4 is 14.8 Å². The number of carbonyl (C=O) groups excluding carboxylic acids is 3. The summed E-state index contributed by atoms with van der Waals surface area (Å²) in [6.07, 6.45) is 1.26. The van der Waals surface area contributed by atoms with E-state index < -0.39 is 45.6 Å². The Hall–Kier alpha value is -3.45. The number of amides is 2. The van der Waals surface area contributed by atoms with Crippen LogP contribution >= 0.6 is 0 Å². The smallest absolute Gasteiger partial charge is 0.396 e. The third-order valence-electron chi connectivity index (χ3n) is 5.86. The molecule has 0 unspecified atom stereocenters. The molecule has 2 amide bonds. The Morgan fingerprint density at radius 2 is 2.00 bits per heavy atom. The van der Waals surface area contributed by atoms with Gasteiger partial charge in [-0.05, 0) is 30.7 Å². The van der Waals surface area contributed by atoms with Crippen LogP contribution in [0.25, 0.3) is 0 Å². The quantitative estimate of drug-likeness (QED) is 0.456. The van der Waals surface area contributed by atoms with E-state index >= 15 is 0 Å². The summed E-state index contributed by atoms with van der Waals surface area (Å²) < 4.78 is 54.0. The summed E-state index contributed by atoms with van der Waals surface area (Å²) in [7, 11) is -1.54. The van der Waals surface area contributed by atoms with Crippen LogP contribution in [0.3, 0.4) is 0 Å². The molecule has 0 bridgehead atoms. The molecule has 0 spiro atoms. The van der Waals surface area contributed by atoms with Crippen molar-refractivity contribution in [2.24, 2.45) is 13.0 Å². The van der Waals surface area contributed by atoms with Gasteiger partial charge in [0.15, 0.2) is 11.4 Å². The number of aromatic nitrogens is 1. The summed E-state index contributed by atoms with van der Waals surface area (Å²) in [5, 5.41) is 2.63. The third-order valence-corrected chi connectivity index (χ3v) is 7.34. The number of nitrogens with zero attached hydrogens (tertiary/aromatic N) is 2. The van der Waals surface area contributed by atoms with Gasteiger partial charge in [-0.15, -0.1) is 0 Å². The SMILES string of the molecule is COC(=O)C(=O)N1C[C@@H]2COc3c(cn(C)c3C(=O)Nc3ccc(F)c(C)c3)S(=O)(=O)N[C@@H]2C1. The molecule has 34 heavy (non-hydrogen) atoms. The second-order valence-electron chi connectivity index (χ2n) is 8.20. The molecule has 3 heterocycles. The van der Waals surface area contributed by atoms with Gasteiger partial charge < -0.3 is 24.3 Å². The number of rotatable bonds is 2. The molecule has 13 heteroatoms. The van der Waals surface area contributed by atoms with E-state index in [2.05, 4.69) is 14.8 Å². The molecule has 0 saturated carbocycles. The van der Waals surface area contributed by atoms with Crippen molar-refractivity contribution in [1.82, 2.24) is 14.2 Å². The highest BCUT2D eigenvalue weighted by molar-refractivity contribution is 7.89. The predicted molar refractivity (Wildman–Crippen MR) is 116 cm³/mol. The minimum Gasteiger partial charge on any atom is -0.489 e. The first-order chi connectivity index (χ1) is 16.0. The van der Waals surface area contributed by atoms with Gasteiger partial charge in [0.05, 0.1) is 13.7 Å². The number of likely N-dealkylation sites (tertiary alicyclic amines) is 1.